The lowest BCUT2D eigenvalue weighted by Gasteiger charge is -2.26. The number of hydrogen-bond acceptors (Lipinski definition) is 5. The quantitative estimate of drug-likeness (QED) is 0.363. The topological polar surface area (TPSA) is 95.9 Å². The zero-order valence-corrected chi connectivity index (χ0v) is 20.0. The summed E-state index contributed by atoms with van der Waals surface area (Å²) >= 11 is 3.41. The van der Waals surface area contributed by atoms with Gasteiger partial charge < -0.3 is 9.84 Å². The molecule has 34 heavy (non-hydrogen) atoms. The molecule has 1 aliphatic rings. The van der Waals surface area contributed by atoms with E-state index in [4.69, 9.17) is 4.74 Å². The van der Waals surface area contributed by atoms with Gasteiger partial charge in [0.1, 0.15) is 23.7 Å². The number of aryl methyl sites for hydroxylation is 2. The number of imide groups is 2. The molecule has 4 amide bonds. The number of aromatic hydroxyl groups is 1. The number of rotatable bonds is 5. The maximum atomic E-state index is 13.1. The SMILES string of the molecule is Cc1cc(C)cc(COc2ccc(Br)cc2/C=C2\C(=O)NC(=O)N(c3ccc(O)cc3)C2=O)c1. The van der Waals surface area contributed by atoms with Gasteiger partial charge in [0.25, 0.3) is 11.8 Å². The summed E-state index contributed by atoms with van der Waals surface area (Å²) in [5.74, 6) is -1.12. The Morgan fingerprint density at radius 2 is 1.65 bits per heavy atom. The van der Waals surface area contributed by atoms with Crippen LogP contribution in [0.25, 0.3) is 6.08 Å². The highest BCUT2D eigenvalue weighted by Crippen LogP contribution is 2.29. The van der Waals surface area contributed by atoms with E-state index in [0.717, 1.165) is 26.1 Å². The predicted molar refractivity (Wildman–Crippen MR) is 131 cm³/mol. The van der Waals surface area contributed by atoms with Crippen molar-refractivity contribution < 1.29 is 24.2 Å². The Hall–Kier alpha value is -3.91. The molecule has 1 heterocycles. The van der Waals surface area contributed by atoms with E-state index in [2.05, 4.69) is 27.3 Å². The van der Waals surface area contributed by atoms with Crippen LogP contribution >= 0.6 is 15.9 Å². The summed E-state index contributed by atoms with van der Waals surface area (Å²) in [7, 11) is 0. The predicted octanol–water partition coefficient (Wildman–Crippen LogP) is 5.02. The number of urea groups is 1. The fourth-order valence-electron chi connectivity index (χ4n) is 3.73. The highest BCUT2D eigenvalue weighted by molar-refractivity contribution is 9.10. The van der Waals surface area contributed by atoms with Crippen molar-refractivity contribution >= 4 is 45.5 Å². The van der Waals surface area contributed by atoms with Crippen LogP contribution in [0.2, 0.25) is 0 Å². The lowest BCUT2D eigenvalue weighted by Crippen LogP contribution is -2.54. The Morgan fingerprint density at radius 1 is 0.971 bits per heavy atom. The normalized spacial score (nSPS) is 15.0. The summed E-state index contributed by atoms with van der Waals surface area (Å²) in [6.07, 6.45) is 1.40. The molecule has 7 nitrogen and oxygen atoms in total. The Bertz CT molecular complexity index is 1310. The standard InChI is InChI=1S/C26H21BrN2O5/c1-15-9-16(2)11-17(10-15)14-34-23-8-3-19(27)12-18(23)13-22-24(31)28-26(33)29(25(22)32)20-4-6-21(30)7-5-20/h3-13,30H,14H2,1-2H3,(H,28,31,33)/b22-13+. The van der Waals surface area contributed by atoms with Gasteiger partial charge in [-0.2, -0.15) is 0 Å². The van der Waals surface area contributed by atoms with E-state index < -0.39 is 17.8 Å². The van der Waals surface area contributed by atoms with Crippen LogP contribution in [0, 0.1) is 13.8 Å². The number of amides is 4. The van der Waals surface area contributed by atoms with E-state index in [1.807, 2.05) is 26.0 Å². The first-order valence-electron chi connectivity index (χ1n) is 10.4. The van der Waals surface area contributed by atoms with Gasteiger partial charge in [-0.25, -0.2) is 9.69 Å². The average molecular weight is 521 g/mol. The lowest BCUT2D eigenvalue weighted by atomic mass is 10.1. The van der Waals surface area contributed by atoms with E-state index in [1.54, 1.807) is 18.2 Å². The molecule has 0 atom stereocenters. The van der Waals surface area contributed by atoms with Crippen molar-refractivity contribution in [2.24, 2.45) is 0 Å². The van der Waals surface area contributed by atoms with Crippen LogP contribution in [-0.4, -0.2) is 23.0 Å². The van der Waals surface area contributed by atoms with Gasteiger partial charge in [-0.15, -0.1) is 0 Å². The number of hydrogen-bond donors (Lipinski definition) is 2. The van der Waals surface area contributed by atoms with Crippen LogP contribution in [0.3, 0.4) is 0 Å². The van der Waals surface area contributed by atoms with Crippen molar-refractivity contribution in [2.75, 3.05) is 4.90 Å². The third-order valence-electron chi connectivity index (χ3n) is 5.16. The fraction of sp³-hybridized carbons (Fsp3) is 0.115. The number of phenols is 1. The maximum Gasteiger partial charge on any atom is 0.335 e. The second-order valence-electron chi connectivity index (χ2n) is 7.94. The van der Waals surface area contributed by atoms with Crippen LogP contribution in [-0.2, 0) is 16.2 Å². The van der Waals surface area contributed by atoms with Gasteiger partial charge in [-0.1, -0.05) is 45.3 Å². The summed E-state index contributed by atoms with van der Waals surface area (Å²) in [6, 6.07) is 16.1. The summed E-state index contributed by atoms with van der Waals surface area (Å²) in [6.45, 7) is 4.33. The first-order chi connectivity index (χ1) is 16.2. The minimum absolute atomic E-state index is 0.0137. The zero-order valence-electron chi connectivity index (χ0n) is 18.5. The largest absolute Gasteiger partial charge is 0.508 e. The highest BCUT2D eigenvalue weighted by Gasteiger charge is 2.37. The number of nitrogens with one attached hydrogen (secondary N) is 1. The third-order valence-corrected chi connectivity index (χ3v) is 5.65. The number of nitrogens with zero attached hydrogens (tertiary/aromatic N) is 1. The molecule has 0 radical (unpaired) electrons. The molecule has 1 fully saturated rings. The smallest absolute Gasteiger partial charge is 0.335 e. The molecule has 0 bridgehead atoms. The average Bonchev–Trinajstić information content (AvgIpc) is 2.76. The van der Waals surface area contributed by atoms with Crippen LogP contribution in [0.15, 0.2) is 70.7 Å². The van der Waals surface area contributed by atoms with Gasteiger partial charge in [-0.3, -0.25) is 14.9 Å². The summed E-state index contributed by atoms with van der Waals surface area (Å²) < 4.78 is 6.76. The molecule has 3 aromatic rings. The van der Waals surface area contributed by atoms with Crippen molar-refractivity contribution in [1.29, 1.82) is 0 Å². The van der Waals surface area contributed by atoms with Crippen LogP contribution in [0.1, 0.15) is 22.3 Å². The molecule has 1 aliphatic heterocycles. The number of ether oxygens (including phenoxy) is 1. The molecule has 1 saturated heterocycles. The maximum absolute atomic E-state index is 13.1. The zero-order chi connectivity index (χ0) is 24.4. The number of phenolic OH excluding ortho intramolecular Hbond substituents is 1. The number of benzene rings is 3. The number of carbonyl (C=O) groups excluding carboxylic acids is 3. The second-order valence-corrected chi connectivity index (χ2v) is 8.86. The van der Waals surface area contributed by atoms with E-state index in [-0.39, 0.29) is 17.0 Å². The van der Waals surface area contributed by atoms with Gasteiger partial charge in [0.2, 0.25) is 0 Å². The van der Waals surface area contributed by atoms with Crippen molar-refractivity contribution in [1.82, 2.24) is 5.32 Å². The molecular formula is C26H21BrN2O5. The minimum Gasteiger partial charge on any atom is -0.508 e. The fourth-order valence-corrected chi connectivity index (χ4v) is 4.10. The molecule has 4 rings (SSSR count). The van der Waals surface area contributed by atoms with Crippen LogP contribution < -0.4 is 15.0 Å². The Kier molecular flexibility index (Phi) is 6.51. The first kappa shape index (κ1) is 23.3. The molecule has 0 aliphatic carbocycles. The van der Waals surface area contributed by atoms with Crippen molar-refractivity contribution in [3.8, 4) is 11.5 Å². The monoisotopic (exact) mass is 520 g/mol. The highest BCUT2D eigenvalue weighted by atomic mass is 79.9. The number of anilines is 1. The molecule has 0 spiro atoms. The van der Waals surface area contributed by atoms with E-state index in [9.17, 15) is 19.5 Å². The van der Waals surface area contributed by atoms with Crippen molar-refractivity contribution in [3.05, 3.63) is 93.0 Å². The Labute approximate surface area is 204 Å². The number of carbonyl (C=O) groups is 3. The van der Waals surface area contributed by atoms with Gasteiger partial charge in [0.05, 0.1) is 5.69 Å². The third kappa shape index (κ3) is 5.02. The molecule has 0 aromatic heterocycles. The first-order valence-corrected chi connectivity index (χ1v) is 11.2. The summed E-state index contributed by atoms with van der Waals surface area (Å²) in [5.41, 5.74) is 3.74. The van der Waals surface area contributed by atoms with Crippen LogP contribution in [0.5, 0.6) is 11.5 Å². The van der Waals surface area contributed by atoms with Crippen molar-refractivity contribution in [2.45, 2.75) is 20.5 Å². The van der Waals surface area contributed by atoms with Crippen LogP contribution in [0.4, 0.5) is 10.5 Å². The Balaban J connectivity index is 1.67. The number of halogens is 1. The van der Waals surface area contributed by atoms with Gasteiger partial charge >= 0.3 is 6.03 Å². The molecule has 172 valence electrons. The summed E-state index contributed by atoms with van der Waals surface area (Å²) in [4.78, 5) is 38.9. The molecule has 8 heteroatoms. The van der Waals surface area contributed by atoms with E-state index in [1.165, 1.54) is 30.3 Å². The number of barbiturate groups is 1. The van der Waals surface area contributed by atoms with Gasteiger partial charge in [-0.05, 0) is 68.0 Å². The molecule has 3 aromatic carbocycles. The van der Waals surface area contributed by atoms with Gasteiger partial charge in [0.15, 0.2) is 0 Å². The molecule has 0 unspecified atom stereocenters. The molecular weight excluding hydrogens is 500 g/mol. The lowest BCUT2D eigenvalue weighted by molar-refractivity contribution is -0.122. The van der Waals surface area contributed by atoms with E-state index in [0.29, 0.717) is 17.9 Å². The molecule has 0 saturated carbocycles. The Morgan fingerprint density at radius 3 is 2.32 bits per heavy atom. The van der Waals surface area contributed by atoms with Crippen molar-refractivity contribution in [3.63, 3.8) is 0 Å². The summed E-state index contributed by atoms with van der Waals surface area (Å²) in [5, 5.41) is 11.7. The minimum atomic E-state index is -0.863. The second kappa shape index (κ2) is 9.52. The van der Waals surface area contributed by atoms with Gasteiger partial charge in [0, 0.05) is 10.0 Å². The van der Waals surface area contributed by atoms with E-state index >= 15 is 0 Å². The molecule has 2 N–H and O–H groups in total.